The molecule has 2 aromatic rings. The highest BCUT2D eigenvalue weighted by Gasteiger charge is 2.30. The summed E-state index contributed by atoms with van der Waals surface area (Å²) in [6.07, 6.45) is 4.76. The monoisotopic (exact) mass is 336 g/mol. The number of carbonyl (C=O) groups is 1. The first-order chi connectivity index (χ1) is 11.0. The summed E-state index contributed by atoms with van der Waals surface area (Å²) >= 11 is 5.81. The Hall–Kier alpha value is -1.92. The summed E-state index contributed by atoms with van der Waals surface area (Å²) in [5.74, 6) is -0.384. The van der Waals surface area contributed by atoms with E-state index < -0.39 is 5.82 Å². The number of halogens is 2. The highest BCUT2D eigenvalue weighted by atomic mass is 35.5. The Balaban J connectivity index is 1.74. The predicted octanol–water partition coefficient (Wildman–Crippen LogP) is 2.32. The minimum absolute atomic E-state index is 0.00952. The fourth-order valence-electron chi connectivity index (χ4n) is 2.86. The lowest BCUT2D eigenvalue weighted by molar-refractivity contribution is -0.123. The molecule has 1 aromatic heterocycles. The summed E-state index contributed by atoms with van der Waals surface area (Å²) in [4.78, 5) is 11.7. The van der Waals surface area contributed by atoms with Crippen molar-refractivity contribution in [1.82, 2.24) is 20.4 Å². The molecule has 1 saturated heterocycles. The number of carbonyl (C=O) groups excluding carboxylic acids is 1. The van der Waals surface area contributed by atoms with Gasteiger partial charge in [-0.25, -0.2) is 4.39 Å². The van der Waals surface area contributed by atoms with Crippen LogP contribution < -0.4 is 10.6 Å². The molecule has 1 aliphatic heterocycles. The van der Waals surface area contributed by atoms with E-state index in [1.807, 2.05) is 13.2 Å². The number of aryl methyl sites for hydroxylation is 1. The van der Waals surface area contributed by atoms with Gasteiger partial charge in [0.2, 0.25) is 5.91 Å². The van der Waals surface area contributed by atoms with Crippen molar-refractivity contribution < 1.29 is 9.18 Å². The van der Waals surface area contributed by atoms with Crippen molar-refractivity contribution in [2.75, 3.05) is 0 Å². The van der Waals surface area contributed by atoms with Gasteiger partial charge in [-0.2, -0.15) is 5.10 Å². The van der Waals surface area contributed by atoms with Crippen LogP contribution in [0, 0.1) is 5.82 Å². The Kier molecular flexibility index (Phi) is 4.63. The number of nitrogens with zero attached hydrogens (tertiary/aromatic N) is 2. The quantitative estimate of drug-likeness (QED) is 0.901. The lowest BCUT2D eigenvalue weighted by Gasteiger charge is -2.32. The third-order valence-corrected chi connectivity index (χ3v) is 4.36. The smallest absolute Gasteiger partial charge is 0.220 e. The Labute approximate surface area is 138 Å². The molecule has 7 heteroatoms. The van der Waals surface area contributed by atoms with Gasteiger partial charge in [0, 0.05) is 43.4 Å². The van der Waals surface area contributed by atoms with E-state index in [1.165, 1.54) is 6.07 Å². The molecule has 0 spiro atoms. The van der Waals surface area contributed by atoms with Crippen molar-refractivity contribution in [2.45, 2.75) is 31.5 Å². The molecule has 1 aliphatic rings. The molecule has 0 radical (unpaired) electrons. The average molecular weight is 337 g/mol. The molecule has 1 amide bonds. The van der Waals surface area contributed by atoms with E-state index >= 15 is 0 Å². The van der Waals surface area contributed by atoms with Crippen LogP contribution in [0.2, 0.25) is 5.02 Å². The largest absolute Gasteiger partial charge is 0.348 e. The van der Waals surface area contributed by atoms with Gasteiger partial charge in [-0.05, 0) is 12.5 Å². The van der Waals surface area contributed by atoms with Gasteiger partial charge in [-0.15, -0.1) is 0 Å². The number of hydrogen-bond donors (Lipinski definition) is 2. The van der Waals surface area contributed by atoms with Crippen molar-refractivity contribution in [2.24, 2.45) is 7.05 Å². The lowest BCUT2D eigenvalue weighted by Crippen LogP contribution is -2.48. The first kappa shape index (κ1) is 16.0. The van der Waals surface area contributed by atoms with Crippen LogP contribution in [-0.4, -0.2) is 21.7 Å². The van der Waals surface area contributed by atoms with Crippen molar-refractivity contribution in [1.29, 1.82) is 0 Å². The van der Waals surface area contributed by atoms with Crippen LogP contribution in [0.5, 0.6) is 0 Å². The fourth-order valence-corrected chi connectivity index (χ4v) is 3.06. The van der Waals surface area contributed by atoms with Crippen LogP contribution in [0.1, 0.15) is 30.0 Å². The molecule has 3 rings (SSSR count). The molecular formula is C16H18ClFN4O. The maximum Gasteiger partial charge on any atom is 0.220 e. The van der Waals surface area contributed by atoms with E-state index in [1.54, 1.807) is 23.0 Å². The first-order valence-electron chi connectivity index (χ1n) is 7.49. The van der Waals surface area contributed by atoms with Crippen LogP contribution in [0.25, 0.3) is 0 Å². The van der Waals surface area contributed by atoms with E-state index in [2.05, 4.69) is 15.7 Å². The highest BCUT2D eigenvalue weighted by Crippen LogP contribution is 2.25. The maximum atomic E-state index is 14.0. The van der Waals surface area contributed by atoms with Gasteiger partial charge in [-0.1, -0.05) is 23.7 Å². The number of hydrogen-bond acceptors (Lipinski definition) is 3. The Bertz CT molecular complexity index is 718. The Morgan fingerprint density at radius 2 is 2.35 bits per heavy atom. The van der Waals surface area contributed by atoms with E-state index in [-0.39, 0.29) is 23.0 Å². The second-order valence-corrected chi connectivity index (χ2v) is 6.14. The van der Waals surface area contributed by atoms with E-state index in [0.717, 1.165) is 5.56 Å². The number of piperidine rings is 1. The zero-order valence-corrected chi connectivity index (χ0v) is 13.5. The molecule has 5 nitrogen and oxygen atoms in total. The van der Waals surface area contributed by atoms with Gasteiger partial charge in [0.25, 0.3) is 0 Å². The number of benzene rings is 1. The normalized spacial score (nSPS) is 21.3. The molecule has 1 fully saturated rings. The third-order valence-electron chi connectivity index (χ3n) is 4.07. The van der Waals surface area contributed by atoms with Crippen LogP contribution >= 0.6 is 11.6 Å². The topological polar surface area (TPSA) is 59.0 Å². The zero-order valence-electron chi connectivity index (χ0n) is 12.7. The van der Waals surface area contributed by atoms with Crippen LogP contribution in [-0.2, 0) is 18.4 Å². The average Bonchev–Trinajstić information content (AvgIpc) is 2.96. The van der Waals surface area contributed by atoms with Crippen molar-refractivity contribution in [3.8, 4) is 0 Å². The molecule has 2 N–H and O–H groups in total. The zero-order chi connectivity index (χ0) is 16.4. The second kappa shape index (κ2) is 6.68. The highest BCUT2D eigenvalue weighted by molar-refractivity contribution is 6.30. The summed E-state index contributed by atoms with van der Waals surface area (Å²) in [6.45, 7) is 0.351. The van der Waals surface area contributed by atoms with E-state index in [9.17, 15) is 9.18 Å². The molecule has 1 aromatic carbocycles. The van der Waals surface area contributed by atoms with Crippen LogP contribution in [0.15, 0.2) is 30.6 Å². The van der Waals surface area contributed by atoms with Gasteiger partial charge in [0.1, 0.15) is 5.82 Å². The predicted molar refractivity (Wildman–Crippen MR) is 85.4 cm³/mol. The van der Waals surface area contributed by atoms with E-state index in [4.69, 9.17) is 11.6 Å². The molecule has 0 bridgehead atoms. The lowest BCUT2D eigenvalue weighted by atomic mass is 9.93. The standard InChI is InChI=1S/C16H18ClFN4O/c1-22-9-11(8-20-22)16-13(5-6-14(23)21-16)19-7-10-3-2-4-12(17)15(10)18/h2-4,8-9,13,16,19H,5-7H2,1H3,(H,21,23)/t13-,16+/m1/s1. The maximum absolute atomic E-state index is 14.0. The molecule has 0 aliphatic carbocycles. The minimum atomic E-state index is -0.403. The SMILES string of the molecule is Cn1cc([C@@H]2NC(=O)CC[C@H]2NCc2cccc(Cl)c2F)cn1. The minimum Gasteiger partial charge on any atom is -0.348 e. The first-order valence-corrected chi connectivity index (χ1v) is 7.86. The number of amides is 1. The Morgan fingerprint density at radius 1 is 1.52 bits per heavy atom. The molecule has 122 valence electrons. The van der Waals surface area contributed by atoms with Gasteiger partial charge >= 0.3 is 0 Å². The van der Waals surface area contributed by atoms with Gasteiger partial charge < -0.3 is 10.6 Å². The summed E-state index contributed by atoms with van der Waals surface area (Å²) in [5, 5.41) is 10.6. The van der Waals surface area contributed by atoms with Crippen LogP contribution in [0.4, 0.5) is 4.39 Å². The van der Waals surface area contributed by atoms with Crippen LogP contribution in [0.3, 0.4) is 0 Å². The van der Waals surface area contributed by atoms with Crippen molar-refractivity contribution >= 4 is 17.5 Å². The van der Waals surface area contributed by atoms with E-state index in [0.29, 0.717) is 24.9 Å². The van der Waals surface area contributed by atoms with Gasteiger partial charge in [-0.3, -0.25) is 9.48 Å². The van der Waals surface area contributed by atoms with Gasteiger partial charge in [0.15, 0.2) is 0 Å². The molecule has 23 heavy (non-hydrogen) atoms. The number of aromatic nitrogens is 2. The second-order valence-electron chi connectivity index (χ2n) is 5.73. The summed E-state index contributed by atoms with van der Waals surface area (Å²) < 4.78 is 15.7. The molecular weight excluding hydrogens is 319 g/mol. The number of rotatable bonds is 4. The number of nitrogens with one attached hydrogen (secondary N) is 2. The van der Waals surface area contributed by atoms with Gasteiger partial charge in [0.05, 0.1) is 17.3 Å². The summed E-state index contributed by atoms with van der Waals surface area (Å²) in [7, 11) is 1.83. The van der Waals surface area contributed by atoms with Crippen molar-refractivity contribution in [3.63, 3.8) is 0 Å². The van der Waals surface area contributed by atoms with Crippen molar-refractivity contribution in [3.05, 3.63) is 52.6 Å². The third kappa shape index (κ3) is 3.54. The molecule has 2 atom stereocenters. The fraction of sp³-hybridized carbons (Fsp3) is 0.375. The summed E-state index contributed by atoms with van der Waals surface area (Å²) in [6, 6.07) is 4.79. The molecule has 0 saturated carbocycles. The molecule has 2 heterocycles. The summed E-state index contributed by atoms with van der Waals surface area (Å²) in [5.41, 5.74) is 1.45. The molecule has 0 unspecified atom stereocenters. The Morgan fingerprint density at radius 3 is 3.09 bits per heavy atom.